The molecule has 0 radical (unpaired) electrons. The van der Waals surface area contributed by atoms with Crippen LogP contribution in [-0.4, -0.2) is 13.0 Å². The summed E-state index contributed by atoms with van der Waals surface area (Å²) in [6.45, 7) is 2.09. The molecule has 0 aliphatic heterocycles. The van der Waals surface area contributed by atoms with E-state index in [0.717, 1.165) is 28.4 Å². The van der Waals surface area contributed by atoms with Crippen molar-refractivity contribution in [3.8, 4) is 5.75 Å². The van der Waals surface area contributed by atoms with Crippen LogP contribution in [0.2, 0.25) is 0 Å². The number of ether oxygens (including phenoxy) is 1. The van der Waals surface area contributed by atoms with Crippen LogP contribution in [0.25, 0.3) is 21.9 Å². The summed E-state index contributed by atoms with van der Waals surface area (Å²) in [5.41, 5.74) is 2.25. The van der Waals surface area contributed by atoms with E-state index in [1.54, 1.807) is 7.11 Å². The van der Waals surface area contributed by atoms with Crippen molar-refractivity contribution in [3.63, 3.8) is 0 Å². The van der Waals surface area contributed by atoms with Crippen molar-refractivity contribution in [3.05, 3.63) is 36.4 Å². The fourth-order valence-corrected chi connectivity index (χ4v) is 2.93. The van der Waals surface area contributed by atoms with Gasteiger partial charge in [0.05, 0.1) is 12.8 Å². The number of hydrogen-bond donors (Lipinski definition) is 1. The Hall–Kier alpha value is -2.49. The average Bonchev–Trinajstić information content (AvgIpc) is 3.15. The van der Waals surface area contributed by atoms with Gasteiger partial charge in [-0.25, -0.2) is 0 Å². The summed E-state index contributed by atoms with van der Waals surface area (Å²) in [6, 6.07) is 11.6. The molecule has 1 saturated carbocycles. The highest BCUT2D eigenvalue weighted by Gasteiger charge is 2.39. The minimum Gasteiger partial charge on any atom is -0.495 e. The topological polar surface area (TPSA) is 51.5 Å². The summed E-state index contributed by atoms with van der Waals surface area (Å²) in [5.74, 6) is 1.30. The summed E-state index contributed by atoms with van der Waals surface area (Å²) in [6.07, 6.45) is 0.959. The Morgan fingerprint density at radius 3 is 2.73 bits per heavy atom. The third kappa shape index (κ3) is 2.03. The molecule has 1 fully saturated rings. The Kier molecular flexibility index (Phi) is 2.86. The molecule has 0 spiro atoms. The maximum atomic E-state index is 12.2. The van der Waals surface area contributed by atoms with Crippen LogP contribution in [0.3, 0.4) is 0 Å². The van der Waals surface area contributed by atoms with E-state index in [1.165, 1.54) is 0 Å². The maximum absolute atomic E-state index is 12.2. The second-order valence-electron chi connectivity index (χ2n) is 5.96. The van der Waals surface area contributed by atoms with Crippen LogP contribution in [0, 0.1) is 11.8 Å². The Balaban J connectivity index is 1.80. The van der Waals surface area contributed by atoms with Gasteiger partial charge in [-0.1, -0.05) is 25.1 Å². The Labute approximate surface area is 128 Å². The van der Waals surface area contributed by atoms with Crippen molar-refractivity contribution < 1.29 is 13.9 Å². The van der Waals surface area contributed by atoms with E-state index in [9.17, 15) is 4.79 Å². The van der Waals surface area contributed by atoms with Gasteiger partial charge in [0.25, 0.3) is 0 Å². The number of carbonyl (C=O) groups excluding carboxylic acids is 1. The molecule has 1 N–H and O–H groups in total. The zero-order valence-corrected chi connectivity index (χ0v) is 12.6. The van der Waals surface area contributed by atoms with Crippen LogP contribution in [0.15, 0.2) is 40.8 Å². The van der Waals surface area contributed by atoms with Crippen molar-refractivity contribution in [2.75, 3.05) is 12.4 Å². The first-order valence-electron chi connectivity index (χ1n) is 7.47. The lowest BCUT2D eigenvalue weighted by Gasteiger charge is -2.10. The third-order valence-corrected chi connectivity index (χ3v) is 4.40. The number of fused-ring (bicyclic) bond motifs is 3. The van der Waals surface area contributed by atoms with Gasteiger partial charge in [-0.3, -0.25) is 4.79 Å². The van der Waals surface area contributed by atoms with Crippen LogP contribution in [0.4, 0.5) is 5.69 Å². The number of amides is 1. The number of rotatable bonds is 3. The van der Waals surface area contributed by atoms with Crippen LogP contribution in [-0.2, 0) is 4.79 Å². The molecule has 4 heteroatoms. The van der Waals surface area contributed by atoms with E-state index in [1.807, 2.05) is 36.4 Å². The molecule has 0 bridgehead atoms. The highest BCUT2D eigenvalue weighted by atomic mass is 16.5. The summed E-state index contributed by atoms with van der Waals surface area (Å²) < 4.78 is 11.3. The van der Waals surface area contributed by atoms with Gasteiger partial charge >= 0.3 is 0 Å². The number of hydrogen-bond acceptors (Lipinski definition) is 3. The second kappa shape index (κ2) is 4.77. The normalized spacial score (nSPS) is 20.3. The van der Waals surface area contributed by atoms with Crippen LogP contribution in [0.1, 0.15) is 13.3 Å². The predicted molar refractivity (Wildman–Crippen MR) is 86.2 cm³/mol. The lowest BCUT2D eigenvalue weighted by atomic mass is 10.1. The third-order valence-electron chi connectivity index (χ3n) is 4.40. The Morgan fingerprint density at radius 2 is 2.00 bits per heavy atom. The fourth-order valence-electron chi connectivity index (χ4n) is 2.93. The number of anilines is 1. The maximum Gasteiger partial charge on any atom is 0.227 e. The number of methoxy groups -OCH3 is 1. The molecular formula is C18H17NO3. The van der Waals surface area contributed by atoms with Crippen molar-refractivity contribution in [1.29, 1.82) is 0 Å². The number of carbonyl (C=O) groups is 1. The first-order chi connectivity index (χ1) is 10.7. The first-order valence-corrected chi connectivity index (χ1v) is 7.47. The van der Waals surface area contributed by atoms with E-state index in [2.05, 4.69) is 12.2 Å². The highest BCUT2D eigenvalue weighted by molar-refractivity contribution is 6.08. The van der Waals surface area contributed by atoms with Gasteiger partial charge in [-0.2, -0.15) is 0 Å². The minimum atomic E-state index is 0.0567. The van der Waals surface area contributed by atoms with E-state index in [4.69, 9.17) is 9.15 Å². The molecule has 3 aromatic rings. The molecule has 22 heavy (non-hydrogen) atoms. The van der Waals surface area contributed by atoms with Gasteiger partial charge in [-0.15, -0.1) is 0 Å². The van der Waals surface area contributed by atoms with E-state index in [0.29, 0.717) is 17.4 Å². The van der Waals surface area contributed by atoms with Gasteiger partial charge in [-0.05, 0) is 24.5 Å². The summed E-state index contributed by atoms with van der Waals surface area (Å²) in [4.78, 5) is 12.2. The molecular weight excluding hydrogens is 278 g/mol. The monoisotopic (exact) mass is 295 g/mol. The van der Waals surface area contributed by atoms with Gasteiger partial charge in [0.2, 0.25) is 5.91 Å². The summed E-state index contributed by atoms with van der Waals surface area (Å²) in [7, 11) is 1.61. The molecule has 1 aliphatic rings. The van der Waals surface area contributed by atoms with Crippen molar-refractivity contribution in [2.45, 2.75) is 13.3 Å². The lowest BCUT2D eigenvalue weighted by molar-refractivity contribution is -0.117. The minimum absolute atomic E-state index is 0.0567. The van der Waals surface area contributed by atoms with Crippen LogP contribution >= 0.6 is 0 Å². The van der Waals surface area contributed by atoms with Crippen molar-refractivity contribution in [1.82, 2.24) is 0 Å². The summed E-state index contributed by atoms with van der Waals surface area (Å²) >= 11 is 0. The standard InChI is InChI=1S/C18H17NO3/c1-10-7-12(10)18(20)19-14-9-16-13(8-17(14)21-2)11-5-3-4-6-15(11)22-16/h3-6,8-10,12H,7H2,1-2H3,(H,19,20)/t10-,12-/m0/s1. The van der Waals surface area contributed by atoms with Crippen LogP contribution in [0.5, 0.6) is 5.75 Å². The fraction of sp³-hybridized carbons (Fsp3) is 0.278. The molecule has 2 aromatic carbocycles. The molecule has 4 rings (SSSR count). The SMILES string of the molecule is COc1cc2c(cc1NC(=O)[C@H]1C[C@@H]1C)oc1ccccc12. The Morgan fingerprint density at radius 1 is 1.23 bits per heavy atom. The summed E-state index contributed by atoms with van der Waals surface area (Å²) in [5, 5.41) is 5.00. The number of para-hydroxylation sites is 1. The van der Waals surface area contributed by atoms with E-state index in [-0.39, 0.29) is 11.8 Å². The quantitative estimate of drug-likeness (QED) is 0.788. The number of benzene rings is 2. The molecule has 4 nitrogen and oxygen atoms in total. The van der Waals surface area contributed by atoms with E-state index < -0.39 is 0 Å². The molecule has 1 amide bonds. The van der Waals surface area contributed by atoms with Gasteiger partial charge in [0.1, 0.15) is 16.9 Å². The van der Waals surface area contributed by atoms with Gasteiger partial charge < -0.3 is 14.5 Å². The first kappa shape index (κ1) is 13.2. The molecule has 0 unspecified atom stereocenters. The largest absolute Gasteiger partial charge is 0.495 e. The zero-order valence-electron chi connectivity index (χ0n) is 12.6. The smallest absolute Gasteiger partial charge is 0.227 e. The lowest BCUT2D eigenvalue weighted by Crippen LogP contribution is -2.15. The van der Waals surface area contributed by atoms with Crippen molar-refractivity contribution >= 4 is 33.5 Å². The molecule has 0 saturated heterocycles. The molecule has 1 aromatic heterocycles. The molecule has 1 aliphatic carbocycles. The predicted octanol–water partition coefficient (Wildman–Crippen LogP) is 4.19. The van der Waals surface area contributed by atoms with Gasteiger partial charge in [0, 0.05) is 22.8 Å². The molecule has 112 valence electrons. The zero-order chi connectivity index (χ0) is 15.3. The highest BCUT2D eigenvalue weighted by Crippen LogP contribution is 2.40. The molecule has 2 atom stereocenters. The van der Waals surface area contributed by atoms with Gasteiger partial charge in [0.15, 0.2) is 0 Å². The second-order valence-corrected chi connectivity index (χ2v) is 5.96. The van der Waals surface area contributed by atoms with Crippen LogP contribution < -0.4 is 10.1 Å². The number of nitrogens with one attached hydrogen (secondary N) is 1. The van der Waals surface area contributed by atoms with E-state index >= 15 is 0 Å². The molecule has 1 heterocycles. The number of furan rings is 1. The average molecular weight is 295 g/mol. The van der Waals surface area contributed by atoms with Crippen molar-refractivity contribution in [2.24, 2.45) is 11.8 Å². The Bertz CT molecular complexity index is 881.